The SMILES string of the molecule is CCOC(=O)CN(C)CC(=O)N(C(C)C)C1CCCCC1. The molecule has 0 unspecified atom stereocenters. The van der Waals surface area contributed by atoms with Crippen molar-refractivity contribution in [2.75, 3.05) is 26.7 Å². The minimum absolute atomic E-state index is 0.115. The lowest BCUT2D eigenvalue weighted by molar-refractivity contribution is -0.145. The Hall–Kier alpha value is -1.10. The number of nitrogens with zero attached hydrogens (tertiary/aromatic N) is 2. The van der Waals surface area contributed by atoms with Crippen LogP contribution in [0.15, 0.2) is 0 Å². The van der Waals surface area contributed by atoms with Crippen molar-refractivity contribution in [1.82, 2.24) is 9.80 Å². The Morgan fingerprint density at radius 1 is 1.14 bits per heavy atom. The normalized spacial score (nSPS) is 16.3. The number of hydrogen-bond donors (Lipinski definition) is 0. The number of ether oxygens (including phenoxy) is 1. The molecule has 0 aromatic heterocycles. The molecule has 1 rings (SSSR count). The maximum absolute atomic E-state index is 12.6. The first-order chi connectivity index (χ1) is 9.95. The van der Waals surface area contributed by atoms with Crippen LogP contribution in [0.5, 0.6) is 0 Å². The molecule has 5 heteroatoms. The Kier molecular flexibility index (Phi) is 7.72. The summed E-state index contributed by atoms with van der Waals surface area (Å²) < 4.78 is 4.91. The maximum Gasteiger partial charge on any atom is 0.320 e. The van der Waals surface area contributed by atoms with E-state index in [4.69, 9.17) is 4.74 Å². The second-order valence-corrected chi connectivity index (χ2v) is 6.16. The number of hydrogen-bond acceptors (Lipinski definition) is 4. The molecule has 21 heavy (non-hydrogen) atoms. The van der Waals surface area contributed by atoms with Crippen LogP contribution < -0.4 is 0 Å². The van der Waals surface area contributed by atoms with E-state index < -0.39 is 0 Å². The van der Waals surface area contributed by atoms with Crippen LogP contribution in [-0.4, -0.2) is 60.5 Å². The average molecular weight is 298 g/mol. The van der Waals surface area contributed by atoms with Gasteiger partial charge in [-0.25, -0.2) is 0 Å². The summed E-state index contributed by atoms with van der Waals surface area (Å²) in [5.74, 6) is -0.162. The molecule has 0 heterocycles. The molecule has 1 saturated carbocycles. The molecule has 0 aromatic rings. The fourth-order valence-electron chi connectivity index (χ4n) is 3.07. The Morgan fingerprint density at radius 2 is 1.76 bits per heavy atom. The van der Waals surface area contributed by atoms with Gasteiger partial charge in [-0.1, -0.05) is 19.3 Å². The molecule has 5 nitrogen and oxygen atoms in total. The molecule has 0 radical (unpaired) electrons. The molecular weight excluding hydrogens is 268 g/mol. The van der Waals surface area contributed by atoms with Crippen molar-refractivity contribution in [2.24, 2.45) is 0 Å². The standard InChI is InChI=1S/C16H30N2O3/c1-5-21-16(20)12-17(4)11-15(19)18(13(2)3)14-9-7-6-8-10-14/h13-14H,5-12H2,1-4H3. The van der Waals surface area contributed by atoms with Gasteiger partial charge in [-0.2, -0.15) is 0 Å². The van der Waals surface area contributed by atoms with Gasteiger partial charge in [0.05, 0.1) is 19.7 Å². The van der Waals surface area contributed by atoms with Gasteiger partial charge in [-0.05, 0) is 40.7 Å². The maximum atomic E-state index is 12.6. The molecule has 0 aliphatic heterocycles. The largest absolute Gasteiger partial charge is 0.465 e. The number of rotatable bonds is 7. The number of amides is 1. The van der Waals surface area contributed by atoms with Crippen molar-refractivity contribution in [3.8, 4) is 0 Å². The molecule has 1 aliphatic carbocycles. The molecule has 0 saturated heterocycles. The molecule has 1 aliphatic rings. The van der Waals surface area contributed by atoms with E-state index in [0.29, 0.717) is 12.6 Å². The molecule has 0 aromatic carbocycles. The highest BCUT2D eigenvalue weighted by Gasteiger charge is 2.28. The van der Waals surface area contributed by atoms with Crippen molar-refractivity contribution < 1.29 is 14.3 Å². The highest BCUT2D eigenvalue weighted by atomic mass is 16.5. The number of carbonyl (C=O) groups is 2. The van der Waals surface area contributed by atoms with Crippen LogP contribution in [0.25, 0.3) is 0 Å². The second kappa shape index (κ2) is 9.03. The van der Waals surface area contributed by atoms with Crippen LogP contribution in [0.2, 0.25) is 0 Å². The lowest BCUT2D eigenvalue weighted by Crippen LogP contribution is -2.49. The predicted molar refractivity (Wildman–Crippen MR) is 83.0 cm³/mol. The third-order valence-electron chi connectivity index (χ3n) is 3.92. The third-order valence-corrected chi connectivity index (χ3v) is 3.92. The first-order valence-corrected chi connectivity index (χ1v) is 8.11. The van der Waals surface area contributed by atoms with E-state index in [1.807, 2.05) is 4.90 Å². The van der Waals surface area contributed by atoms with Crippen LogP contribution in [0.3, 0.4) is 0 Å². The number of carbonyl (C=O) groups excluding carboxylic acids is 2. The highest BCUT2D eigenvalue weighted by molar-refractivity contribution is 5.80. The van der Waals surface area contributed by atoms with Crippen LogP contribution in [-0.2, 0) is 14.3 Å². The van der Waals surface area contributed by atoms with Gasteiger partial charge in [0.15, 0.2) is 0 Å². The minimum Gasteiger partial charge on any atom is -0.465 e. The summed E-state index contributed by atoms with van der Waals surface area (Å²) in [5.41, 5.74) is 0. The van der Waals surface area contributed by atoms with Gasteiger partial charge in [-0.15, -0.1) is 0 Å². The summed E-state index contributed by atoms with van der Waals surface area (Å²) >= 11 is 0. The predicted octanol–water partition coefficient (Wildman–Crippen LogP) is 2.05. The zero-order chi connectivity index (χ0) is 15.8. The second-order valence-electron chi connectivity index (χ2n) is 6.16. The van der Waals surface area contributed by atoms with Gasteiger partial charge in [0.2, 0.25) is 5.91 Å². The van der Waals surface area contributed by atoms with Crippen LogP contribution >= 0.6 is 0 Å². The first-order valence-electron chi connectivity index (χ1n) is 8.11. The smallest absolute Gasteiger partial charge is 0.320 e. The van der Waals surface area contributed by atoms with Gasteiger partial charge in [-0.3, -0.25) is 14.5 Å². The summed E-state index contributed by atoms with van der Waals surface area (Å²) in [4.78, 5) is 27.8. The van der Waals surface area contributed by atoms with Crippen molar-refractivity contribution >= 4 is 11.9 Å². The molecule has 0 atom stereocenters. The van der Waals surface area contributed by atoms with E-state index in [2.05, 4.69) is 13.8 Å². The zero-order valence-electron chi connectivity index (χ0n) is 13.9. The minimum atomic E-state index is -0.276. The lowest BCUT2D eigenvalue weighted by atomic mass is 9.93. The van der Waals surface area contributed by atoms with Crippen LogP contribution in [0.4, 0.5) is 0 Å². The van der Waals surface area contributed by atoms with Crippen LogP contribution in [0.1, 0.15) is 52.9 Å². The Balaban J connectivity index is 2.54. The van der Waals surface area contributed by atoms with Crippen molar-refractivity contribution in [2.45, 2.75) is 65.0 Å². The van der Waals surface area contributed by atoms with E-state index in [0.717, 1.165) is 12.8 Å². The summed E-state index contributed by atoms with van der Waals surface area (Å²) in [7, 11) is 1.79. The molecule has 0 bridgehead atoms. The van der Waals surface area contributed by atoms with Crippen molar-refractivity contribution in [3.05, 3.63) is 0 Å². The average Bonchev–Trinajstić information content (AvgIpc) is 2.39. The van der Waals surface area contributed by atoms with Gasteiger partial charge in [0, 0.05) is 12.1 Å². The zero-order valence-corrected chi connectivity index (χ0v) is 13.9. The quantitative estimate of drug-likeness (QED) is 0.675. The fraction of sp³-hybridized carbons (Fsp3) is 0.875. The van der Waals surface area contributed by atoms with Gasteiger partial charge >= 0.3 is 5.97 Å². The van der Waals surface area contributed by atoms with Crippen LogP contribution in [0, 0.1) is 0 Å². The molecule has 1 amide bonds. The first kappa shape index (κ1) is 18.0. The summed E-state index contributed by atoms with van der Waals surface area (Å²) in [6.07, 6.45) is 5.90. The van der Waals surface area contributed by atoms with Gasteiger partial charge in [0.1, 0.15) is 0 Å². The topological polar surface area (TPSA) is 49.9 Å². The fourth-order valence-corrected chi connectivity index (χ4v) is 3.07. The Morgan fingerprint density at radius 3 is 2.29 bits per heavy atom. The summed E-state index contributed by atoms with van der Waals surface area (Å²) in [6, 6.07) is 0.568. The van der Waals surface area contributed by atoms with E-state index in [9.17, 15) is 9.59 Å². The number of esters is 1. The molecular formula is C16H30N2O3. The van der Waals surface area contributed by atoms with Gasteiger partial charge in [0.25, 0.3) is 0 Å². The Bertz CT molecular complexity index is 338. The van der Waals surface area contributed by atoms with Gasteiger partial charge < -0.3 is 9.64 Å². The summed E-state index contributed by atoms with van der Waals surface area (Å²) in [5, 5.41) is 0. The molecule has 1 fully saturated rings. The summed E-state index contributed by atoms with van der Waals surface area (Å²) in [6.45, 7) is 6.73. The highest BCUT2D eigenvalue weighted by Crippen LogP contribution is 2.24. The third kappa shape index (κ3) is 6.04. The van der Waals surface area contributed by atoms with E-state index in [1.54, 1.807) is 18.9 Å². The molecule has 0 N–H and O–H groups in total. The van der Waals surface area contributed by atoms with E-state index >= 15 is 0 Å². The Labute approximate surface area is 128 Å². The molecule has 0 spiro atoms. The molecule has 122 valence electrons. The van der Waals surface area contributed by atoms with Crippen molar-refractivity contribution in [1.29, 1.82) is 0 Å². The van der Waals surface area contributed by atoms with E-state index in [1.165, 1.54) is 19.3 Å². The number of likely N-dealkylation sites (N-methyl/N-ethyl adjacent to an activating group) is 1. The van der Waals surface area contributed by atoms with Crippen molar-refractivity contribution in [3.63, 3.8) is 0 Å². The monoisotopic (exact) mass is 298 g/mol. The lowest BCUT2D eigenvalue weighted by Gasteiger charge is -2.38. The van der Waals surface area contributed by atoms with E-state index in [-0.39, 0.29) is 31.0 Å².